The van der Waals surface area contributed by atoms with E-state index in [0.29, 0.717) is 12.8 Å². The fourth-order valence-corrected chi connectivity index (χ4v) is 2.17. The summed E-state index contributed by atoms with van der Waals surface area (Å²) in [6.07, 6.45) is 0.328. The molecule has 0 aromatic heterocycles. The number of hydrogen-bond donors (Lipinski definition) is 4. The van der Waals surface area contributed by atoms with E-state index in [1.165, 1.54) is 0 Å². The number of amides is 3. The average Bonchev–Trinajstić information content (AvgIpc) is 2.40. The predicted octanol–water partition coefficient (Wildman–Crippen LogP) is -0.175. The summed E-state index contributed by atoms with van der Waals surface area (Å²) in [5.41, 5.74) is 1.53. The highest BCUT2D eigenvalue weighted by atomic mass is 16.5. The fraction of sp³-hybridized carbons (Fsp3) is 0.800. The first kappa shape index (κ1) is 21.3. The first-order chi connectivity index (χ1) is 10.5. The molecule has 0 saturated carbocycles. The lowest BCUT2D eigenvalue weighted by Gasteiger charge is -2.31. The molecule has 0 aromatic carbocycles. The van der Waals surface area contributed by atoms with Crippen LogP contribution in [0.2, 0.25) is 0 Å². The maximum Gasteiger partial charge on any atom is 0.259 e. The summed E-state index contributed by atoms with van der Waals surface area (Å²) in [6, 6.07) is -1.68. The molecule has 3 amide bonds. The molecule has 8 nitrogen and oxygen atoms in total. The van der Waals surface area contributed by atoms with E-state index in [0.717, 1.165) is 0 Å². The van der Waals surface area contributed by atoms with Gasteiger partial charge in [0.25, 0.3) is 5.91 Å². The summed E-state index contributed by atoms with van der Waals surface area (Å²) in [7, 11) is 0. The van der Waals surface area contributed by atoms with E-state index in [1.807, 2.05) is 40.0 Å². The molecule has 8 heteroatoms. The SMILES string of the molecule is CC(C)CC(NC=O)C(=O)NC(C(=O)NN)C(C)OC(C)(C)C. The molecular weight excluding hydrogens is 300 g/mol. The zero-order valence-corrected chi connectivity index (χ0v) is 14.8. The molecule has 0 fully saturated rings. The summed E-state index contributed by atoms with van der Waals surface area (Å²) in [6.45, 7) is 11.1. The molecule has 0 rings (SSSR count). The van der Waals surface area contributed by atoms with Crippen LogP contribution in [0, 0.1) is 5.92 Å². The topological polar surface area (TPSA) is 123 Å². The number of carbonyl (C=O) groups excluding carboxylic acids is 3. The third-order valence-electron chi connectivity index (χ3n) is 3.02. The summed E-state index contributed by atoms with van der Waals surface area (Å²) < 4.78 is 5.72. The van der Waals surface area contributed by atoms with Crippen molar-refractivity contribution in [2.75, 3.05) is 0 Å². The maximum atomic E-state index is 12.4. The summed E-state index contributed by atoms with van der Waals surface area (Å²) in [5, 5.41) is 5.07. The van der Waals surface area contributed by atoms with Crippen molar-refractivity contribution in [1.82, 2.24) is 16.1 Å². The van der Waals surface area contributed by atoms with Crippen LogP contribution in [-0.4, -0.2) is 42.0 Å². The maximum absolute atomic E-state index is 12.4. The van der Waals surface area contributed by atoms with Crippen LogP contribution >= 0.6 is 0 Å². The number of hydrazine groups is 1. The lowest BCUT2D eigenvalue weighted by Crippen LogP contribution is -2.59. The highest BCUT2D eigenvalue weighted by Crippen LogP contribution is 2.14. The Morgan fingerprint density at radius 1 is 1.17 bits per heavy atom. The Bertz CT molecular complexity index is 407. The van der Waals surface area contributed by atoms with Crippen LogP contribution in [0.5, 0.6) is 0 Å². The van der Waals surface area contributed by atoms with E-state index in [1.54, 1.807) is 6.92 Å². The van der Waals surface area contributed by atoms with Crippen LogP contribution in [0.1, 0.15) is 48.0 Å². The first-order valence-electron chi connectivity index (χ1n) is 7.70. The molecular formula is C15H30N4O4. The first-order valence-corrected chi connectivity index (χ1v) is 7.70. The number of rotatable bonds is 9. The standard InChI is InChI=1S/C15H30N4O4/c1-9(2)7-11(17-8-20)13(21)18-12(14(22)19-16)10(3)23-15(4,5)6/h8-12H,7,16H2,1-6H3,(H,17,20)(H,18,21)(H,19,22). The van der Waals surface area contributed by atoms with Gasteiger partial charge >= 0.3 is 0 Å². The fourth-order valence-electron chi connectivity index (χ4n) is 2.17. The van der Waals surface area contributed by atoms with Gasteiger partial charge in [0, 0.05) is 0 Å². The lowest BCUT2D eigenvalue weighted by molar-refractivity contribution is -0.138. The zero-order valence-electron chi connectivity index (χ0n) is 14.8. The van der Waals surface area contributed by atoms with Crippen molar-refractivity contribution < 1.29 is 19.1 Å². The Kier molecular flexibility index (Phi) is 8.78. The van der Waals surface area contributed by atoms with Crippen molar-refractivity contribution in [3.8, 4) is 0 Å². The van der Waals surface area contributed by atoms with Crippen LogP contribution in [-0.2, 0) is 19.1 Å². The van der Waals surface area contributed by atoms with Crippen LogP contribution in [0.3, 0.4) is 0 Å². The van der Waals surface area contributed by atoms with Crippen molar-refractivity contribution >= 4 is 18.2 Å². The minimum Gasteiger partial charge on any atom is -0.370 e. The van der Waals surface area contributed by atoms with E-state index >= 15 is 0 Å². The molecule has 0 heterocycles. The quantitative estimate of drug-likeness (QED) is 0.202. The van der Waals surface area contributed by atoms with Gasteiger partial charge in [-0.1, -0.05) is 13.8 Å². The molecule has 0 aliphatic rings. The van der Waals surface area contributed by atoms with Gasteiger partial charge in [-0.2, -0.15) is 0 Å². The van der Waals surface area contributed by atoms with E-state index in [4.69, 9.17) is 10.6 Å². The molecule has 134 valence electrons. The highest BCUT2D eigenvalue weighted by molar-refractivity contribution is 5.90. The molecule has 3 unspecified atom stereocenters. The van der Waals surface area contributed by atoms with Gasteiger partial charge in [0.2, 0.25) is 12.3 Å². The second-order valence-electron chi connectivity index (χ2n) is 6.90. The zero-order chi connectivity index (χ0) is 18.2. The number of hydrogen-bond acceptors (Lipinski definition) is 5. The Hall–Kier alpha value is -1.67. The smallest absolute Gasteiger partial charge is 0.259 e. The Balaban J connectivity index is 5.09. The van der Waals surface area contributed by atoms with Gasteiger partial charge in [-0.15, -0.1) is 0 Å². The normalized spacial score (nSPS) is 15.5. The molecule has 0 radical (unpaired) electrons. The van der Waals surface area contributed by atoms with Crippen molar-refractivity contribution in [3.05, 3.63) is 0 Å². The van der Waals surface area contributed by atoms with Gasteiger partial charge < -0.3 is 15.4 Å². The molecule has 0 aliphatic carbocycles. The molecule has 5 N–H and O–H groups in total. The van der Waals surface area contributed by atoms with E-state index in [-0.39, 0.29) is 5.92 Å². The van der Waals surface area contributed by atoms with Crippen LogP contribution in [0.15, 0.2) is 0 Å². The minimum atomic E-state index is -0.963. The lowest BCUT2D eigenvalue weighted by atomic mass is 10.0. The number of ether oxygens (including phenoxy) is 1. The second kappa shape index (κ2) is 9.46. The second-order valence-corrected chi connectivity index (χ2v) is 6.90. The average molecular weight is 330 g/mol. The van der Waals surface area contributed by atoms with Crippen LogP contribution < -0.4 is 21.9 Å². The molecule has 3 atom stereocenters. The molecule has 0 spiro atoms. The molecule has 0 bridgehead atoms. The third kappa shape index (κ3) is 8.51. The Labute approximate surface area is 137 Å². The van der Waals surface area contributed by atoms with Crippen molar-refractivity contribution in [2.45, 2.75) is 71.8 Å². The largest absolute Gasteiger partial charge is 0.370 e. The summed E-state index contributed by atoms with van der Waals surface area (Å²) in [4.78, 5) is 35.0. The highest BCUT2D eigenvalue weighted by Gasteiger charge is 2.32. The summed E-state index contributed by atoms with van der Waals surface area (Å²) in [5.74, 6) is 4.36. The van der Waals surface area contributed by atoms with Gasteiger partial charge in [-0.05, 0) is 40.0 Å². The van der Waals surface area contributed by atoms with E-state index < -0.39 is 35.6 Å². The monoisotopic (exact) mass is 330 g/mol. The van der Waals surface area contributed by atoms with Gasteiger partial charge in [-0.3, -0.25) is 19.8 Å². The Morgan fingerprint density at radius 2 is 1.74 bits per heavy atom. The van der Waals surface area contributed by atoms with Gasteiger partial charge in [-0.25, -0.2) is 5.84 Å². The van der Waals surface area contributed by atoms with Crippen molar-refractivity contribution in [2.24, 2.45) is 11.8 Å². The predicted molar refractivity (Wildman–Crippen MR) is 87.0 cm³/mol. The van der Waals surface area contributed by atoms with Gasteiger partial charge in [0.15, 0.2) is 0 Å². The molecule has 0 saturated heterocycles. The molecule has 0 aromatic rings. The third-order valence-corrected chi connectivity index (χ3v) is 3.02. The van der Waals surface area contributed by atoms with Crippen LogP contribution in [0.25, 0.3) is 0 Å². The van der Waals surface area contributed by atoms with Crippen molar-refractivity contribution in [3.63, 3.8) is 0 Å². The number of nitrogens with two attached hydrogens (primary N) is 1. The van der Waals surface area contributed by atoms with E-state index in [2.05, 4.69) is 10.6 Å². The summed E-state index contributed by atoms with van der Waals surface area (Å²) >= 11 is 0. The van der Waals surface area contributed by atoms with Crippen molar-refractivity contribution in [1.29, 1.82) is 0 Å². The van der Waals surface area contributed by atoms with Gasteiger partial charge in [0.05, 0.1) is 11.7 Å². The van der Waals surface area contributed by atoms with Gasteiger partial charge in [0.1, 0.15) is 12.1 Å². The number of carbonyl (C=O) groups is 3. The molecule has 0 aliphatic heterocycles. The minimum absolute atomic E-state index is 0.197. The van der Waals surface area contributed by atoms with E-state index in [9.17, 15) is 14.4 Å². The Morgan fingerprint density at radius 3 is 2.13 bits per heavy atom. The number of nitrogens with one attached hydrogen (secondary N) is 3. The molecule has 23 heavy (non-hydrogen) atoms. The van der Waals surface area contributed by atoms with Crippen LogP contribution in [0.4, 0.5) is 0 Å².